The monoisotopic (exact) mass is 447 g/mol. The standard InChI is InChI=1S/C24H41N5O3/c1-24(2,31)19-27-11-9-26(10-12-27)17-22-25-21(18-32-22)23(30)29-15-13-28(14-16-29)20-7-5-3-4-6-8-20/h18,20,31H,3-17,19H2,1-2H3. The summed E-state index contributed by atoms with van der Waals surface area (Å²) in [5.41, 5.74) is -0.232. The van der Waals surface area contributed by atoms with E-state index in [2.05, 4.69) is 19.7 Å². The summed E-state index contributed by atoms with van der Waals surface area (Å²) >= 11 is 0. The molecule has 4 rings (SSSR count). The smallest absolute Gasteiger partial charge is 0.275 e. The third-order valence-corrected chi connectivity index (χ3v) is 7.15. The van der Waals surface area contributed by atoms with Crippen LogP contribution in [0.25, 0.3) is 0 Å². The average molecular weight is 448 g/mol. The van der Waals surface area contributed by atoms with E-state index < -0.39 is 5.60 Å². The van der Waals surface area contributed by atoms with E-state index in [1.165, 1.54) is 44.8 Å². The number of hydrogen-bond donors (Lipinski definition) is 1. The molecule has 1 aromatic rings. The van der Waals surface area contributed by atoms with Crippen LogP contribution in [0.3, 0.4) is 0 Å². The average Bonchev–Trinajstić information content (AvgIpc) is 3.06. The van der Waals surface area contributed by atoms with Crippen molar-refractivity contribution in [3.63, 3.8) is 0 Å². The molecule has 0 radical (unpaired) electrons. The number of carbonyl (C=O) groups excluding carboxylic acids is 1. The lowest BCUT2D eigenvalue weighted by Gasteiger charge is -2.39. The third kappa shape index (κ3) is 6.53. The summed E-state index contributed by atoms with van der Waals surface area (Å²) in [5, 5.41) is 10.0. The van der Waals surface area contributed by atoms with Crippen LogP contribution in [0.1, 0.15) is 68.8 Å². The van der Waals surface area contributed by atoms with Gasteiger partial charge >= 0.3 is 0 Å². The molecule has 0 unspecified atom stereocenters. The van der Waals surface area contributed by atoms with Crippen LogP contribution in [0.5, 0.6) is 0 Å². The van der Waals surface area contributed by atoms with Gasteiger partial charge in [0.25, 0.3) is 5.91 Å². The van der Waals surface area contributed by atoms with Gasteiger partial charge in [0.2, 0.25) is 5.89 Å². The van der Waals surface area contributed by atoms with E-state index >= 15 is 0 Å². The zero-order valence-corrected chi connectivity index (χ0v) is 20.0. The van der Waals surface area contributed by atoms with Gasteiger partial charge in [-0.2, -0.15) is 0 Å². The lowest BCUT2D eigenvalue weighted by molar-refractivity contribution is 0.0156. The van der Waals surface area contributed by atoms with Crippen LogP contribution < -0.4 is 0 Å². The fraction of sp³-hybridized carbons (Fsp3) is 0.833. The van der Waals surface area contributed by atoms with Crippen molar-refractivity contribution < 1.29 is 14.3 Å². The predicted molar refractivity (Wildman–Crippen MR) is 123 cm³/mol. The minimum atomic E-state index is -0.665. The fourth-order valence-corrected chi connectivity index (χ4v) is 5.40. The SMILES string of the molecule is CC(C)(O)CN1CCN(Cc2nc(C(=O)N3CCN(C4CCCCCC4)CC3)co2)CC1. The number of hydrogen-bond acceptors (Lipinski definition) is 7. The molecule has 1 N–H and O–H groups in total. The van der Waals surface area contributed by atoms with E-state index in [1.54, 1.807) is 0 Å². The van der Waals surface area contributed by atoms with Crippen LogP contribution in [0.2, 0.25) is 0 Å². The van der Waals surface area contributed by atoms with Crippen LogP contribution in [0.4, 0.5) is 0 Å². The number of aliphatic hydroxyl groups is 1. The molecule has 0 bridgehead atoms. The van der Waals surface area contributed by atoms with E-state index in [0.717, 1.165) is 52.4 Å². The molecule has 0 aromatic carbocycles. The first-order chi connectivity index (χ1) is 15.4. The maximum absolute atomic E-state index is 13.0. The molecule has 8 nitrogen and oxygen atoms in total. The van der Waals surface area contributed by atoms with Gasteiger partial charge in [0.05, 0.1) is 12.1 Å². The Kier molecular flexibility index (Phi) is 7.87. The molecule has 3 aliphatic rings. The Morgan fingerprint density at radius 2 is 1.62 bits per heavy atom. The maximum atomic E-state index is 13.0. The Balaban J connectivity index is 1.22. The van der Waals surface area contributed by atoms with Crippen LogP contribution in [-0.4, -0.2) is 106 Å². The Hall–Kier alpha value is -1.48. The first-order valence-corrected chi connectivity index (χ1v) is 12.5. The van der Waals surface area contributed by atoms with Crippen molar-refractivity contribution in [3.05, 3.63) is 17.8 Å². The molecule has 2 aliphatic heterocycles. The van der Waals surface area contributed by atoms with E-state index in [9.17, 15) is 9.90 Å². The second-order valence-electron chi connectivity index (χ2n) is 10.5. The van der Waals surface area contributed by atoms with Gasteiger partial charge in [-0.05, 0) is 26.7 Å². The summed E-state index contributed by atoms with van der Waals surface area (Å²) in [5.74, 6) is 0.608. The molecular weight excluding hydrogens is 406 g/mol. The van der Waals surface area contributed by atoms with Gasteiger partial charge in [-0.1, -0.05) is 25.7 Å². The minimum Gasteiger partial charge on any atom is -0.447 e. The van der Waals surface area contributed by atoms with E-state index in [-0.39, 0.29) is 5.91 Å². The molecule has 2 saturated heterocycles. The number of aromatic nitrogens is 1. The summed E-state index contributed by atoms with van der Waals surface area (Å²) in [6.07, 6.45) is 9.60. The number of piperazine rings is 2. The van der Waals surface area contributed by atoms with Crippen molar-refractivity contribution in [1.29, 1.82) is 0 Å². The van der Waals surface area contributed by atoms with Crippen molar-refractivity contribution in [2.24, 2.45) is 0 Å². The van der Waals surface area contributed by atoms with Gasteiger partial charge in [-0.3, -0.25) is 19.5 Å². The zero-order chi connectivity index (χ0) is 22.6. The van der Waals surface area contributed by atoms with Crippen LogP contribution in [0, 0.1) is 0 Å². The Morgan fingerprint density at radius 1 is 1.00 bits per heavy atom. The van der Waals surface area contributed by atoms with Gasteiger partial charge in [-0.25, -0.2) is 4.98 Å². The maximum Gasteiger partial charge on any atom is 0.275 e. The Bertz CT molecular complexity index is 722. The highest BCUT2D eigenvalue weighted by Crippen LogP contribution is 2.23. The molecule has 1 aliphatic carbocycles. The first kappa shape index (κ1) is 23.7. The van der Waals surface area contributed by atoms with Crippen LogP contribution in [-0.2, 0) is 6.54 Å². The lowest BCUT2D eigenvalue weighted by atomic mass is 10.1. The van der Waals surface area contributed by atoms with Gasteiger partial charge < -0.3 is 14.4 Å². The van der Waals surface area contributed by atoms with Crippen LogP contribution in [0.15, 0.2) is 10.7 Å². The molecule has 180 valence electrons. The third-order valence-electron chi connectivity index (χ3n) is 7.15. The molecule has 3 heterocycles. The second kappa shape index (κ2) is 10.6. The molecule has 1 amide bonds. The molecule has 8 heteroatoms. The van der Waals surface area contributed by atoms with Gasteiger partial charge in [0, 0.05) is 64.9 Å². The topological polar surface area (TPSA) is 76.3 Å². The zero-order valence-electron chi connectivity index (χ0n) is 20.0. The first-order valence-electron chi connectivity index (χ1n) is 12.5. The van der Waals surface area contributed by atoms with Crippen molar-refractivity contribution >= 4 is 5.91 Å². The minimum absolute atomic E-state index is 0.00415. The number of nitrogens with zero attached hydrogens (tertiary/aromatic N) is 5. The molecular formula is C24H41N5O3. The summed E-state index contributed by atoms with van der Waals surface area (Å²) in [7, 11) is 0. The largest absolute Gasteiger partial charge is 0.447 e. The Morgan fingerprint density at radius 3 is 2.25 bits per heavy atom. The summed E-state index contributed by atoms with van der Waals surface area (Å²) in [4.78, 5) is 26.6. The van der Waals surface area contributed by atoms with Gasteiger partial charge in [0.1, 0.15) is 6.26 Å². The molecule has 1 saturated carbocycles. The van der Waals surface area contributed by atoms with Gasteiger partial charge in [-0.15, -0.1) is 0 Å². The number of β-amino-alcohol motifs (C(OH)–C–C–N with tert-alkyl or cyclic N) is 1. The quantitative estimate of drug-likeness (QED) is 0.669. The van der Waals surface area contributed by atoms with Crippen molar-refractivity contribution in [2.45, 2.75) is 70.6 Å². The number of amides is 1. The number of rotatable bonds is 6. The van der Waals surface area contributed by atoms with Crippen molar-refractivity contribution in [1.82, 2.24) is 24.6 Å². The van der Waals surface area contributed by atoms with E-state index in [1.807, 2.05) is 18.7 Å². The highest BCUT2D eigenvalue weighted by Gasteiger charge is 2.29. The van der Waals surface area contributed by atoms with Crippen molar-refractivity contribution in [3.8, 4) is 0 Å². The molecule has 0 spiro atoms. The second-order valence-corrected chi connectivity index (χ2v) is 10.5. The van der Waals surface area contributed by atoms with Gasteiger partial charge in [0.15, 0.2) is 5.69 Å². The van der Waals surface area contributed by atoms with E-state index in [4.69, 9.17) is 4.42 Å². The van der Waals surface area contributed by atoms with E-state index in [0.29, 0.717) is 30.7 Å². The molecule has 1 aromatic heterocycles. The summed E-state index contributed by atoms with van der Waals surface area (Å²) in [6.45, 7) is 12.2. The van der Waals surface area contributed by atoms with Crippen LogP contribution >= 0.6 is 0 Å². The normalized spacial score (nSPS) is 23.4. The Labute approximate surface area is 192 Å². The summed E-state index contributed by atoms with van der Waals surface area (Å²) in [6, 6.07) is 0.706. The lowest BCUT2D eigenvalue weighted by Crippen LogP contribution is -2.52. The number of carbonyl (C=O) groups is 1. The highest BCUT2D eigenvalue weighted by atomic mass is 16.3. The fourth-order valence-electron chi connectivity index (χ4n) is 5.40. The predicted octanol–water partition coefficient (Wildman–Crippen LogP) is 2.04. The molecule has 32 heavy (non-hydrogen) atoms. The van der Waals surface area contributed by atoms with Crippen molar-refractivity contribution in [2.75, 3.05) is 58.9 Å². The number of oxazole rings is 1. The summed E-state index contributed by atoms with van der Waals surface area (Å²) < 4.78 is 5.65. The highest BCUT2D eigenvalue weighted by molar-refractivity contribution is 5.92. The molecule has 0 atom stereocenters. The molecule has 3 fully saturated rings.